The van der Waals surface area contributed by atoms with Crippen LogP contribution in [0.4, 0.5) is 5.13 Å². The number of hydrogen-bond acceptors (Lipinski definition) is 6. The zero-order valence-electron chi connectivity index (χ0n) is 12.1. The van der Waals surface area contributed by atoms with E-state index in [2.05, 4.69) is 19.8 Å². The molecule has 1 fully saturated rings. The lowest BCUT2D eigenvalue weighted by Crippen LogP contribution is -2.51. The Morgan fingerprint density at radius 1 is 1.38 bits per heavy atom. The Morgan fingerprint density at radius 2 is 2.19 bits per heavy atom. The third-order valence-corrected chi connectivity index (χ3v) is 4.08. The van der Waals surface area contributed by atoms with Crippen LogP contribution in [-0.4, -0.2) is 73.5 Å². The number of guanidine groups is 1. The molecule has 0 saturated carbocycles. The predicted octanol–water partition coefficient (Wildman–Crippen LogP) is -0.0212. The summed E-state index contributed by atoms with van der Waals surface area (Å²) in [5.74, 6) is 0.607. The fraction of sp³-hybridized carbons (Fsp3) is 0.692. The summed E-state index contributed by atoms with van der Waals surface area (Å²) in [5, 5.41) is 11.7. The molecule has 1 aromatic heterocycles. The van der Waals surface area contributed by atoms with Crippen LogP contribution < -0.4 is 10.6 Å². The fourth-order valence-corrected chi connectivity index (χ4v) is 2.82. The van der Waals surface area contributed by atoms with Crippen molar-refractivity contribution in [3.63, 3.8) is 0 Å². The molecule has 0 amide bonds. The van der Waals surface area contributed by atoms with Gasteiger partial charge in [-0.25, -0.2) is 4.98 Å². The monoisotopic (exact) mass is 313 g/mol. The Kier molecular flexibility index (Phi) is 6.71. The summed E-state index contributed by atoms with van der Waals surface area (Å²) in [6.45, 7) is 5.30. The quantitative estimate of drug-likeness (QED) is 0.418. The van der Waals surface area contributed by atoms with E-state index in [1.807, 2.05) is 11.6 Å². The van der Waals surface area contributed by atoms with E-state index in [1.165, 1.54) is 0 Å². The van der Waals surface area contributed by atoms with Gasteiger partial charge in [0.2, 0.25) is 0 Å². The van der Waals surface area contributed by atoms with Crippen molar-refractivity contribution in [2.75, 3.05) is 57.4 Å². The molecule has 0 radical (unpaired) electrons. The predicted molar refractivity (Wildman–Crippen MR) is 84.9 cm³/mol. The van der Waals surface area contributed by atoms with E-state index in [4.69, 9.17) is 15.6 Å². The highest BCUT2D eigenvalue weighted by Crippen LogP contribution is 2.18. The van der Waals surface area contributed by atoms with Gasteiger partial charge in [-0.2, -0.15) is 0 Å². The summed E-state index contributed by atoms with van der Waals surface area (Å²) < 4.78 is 5.18. The highest BCUT2D eigenvalue weighted by molar-refractivity contribution is 7.13. The van der Waals surface area contributed by atoms with Crippen LogP contribution in [-0.2, 0) is 4.74 Å². The summed E-state index contributed by atoms with van der Waals surface area (Å²) in [6, 6.07) is 0. The van der Waals surface area contributed by atoms with E-state index >= 15 is 0 Å². The van der Waals surface area contributed by atoms with E-state index in [0.29, 0.717) is 25.7 Å². The van der Waals surface area contributed by atoms with E-state index in [1.54, 1.807) is 11.3 Å². The Morgan fingerprint density at radius 3 is 2.86 bits per heavy atom. The lowest BCUT2D eigenvalue weighted by molar-refractivity contribution is 0.0917. The normalized spacial score (nSPS) is 16.5. The minimum absolute atomic E-state index is 0.0643. The second-order valence-corrected chi connectivity index (χ2v) is 5.59. The molecule has 1 saturated heterocycles. The Labute approximate surface area is 129 Å². The zero-order chi connectivity index (χ0) is 14.9. The lowest BCUT2D eigenvalue weighted by Gasteiger charge is -2.35. The molecule has 0 aliphatic carbocycles. The number of aliphatic hydroxyl groups is 1. The first kappa shape index (κ1) is 16.0. The number of aromatic nitrogens is 1. The largest absolute Gasteiger partial charge is 0.394 e. The van der Waals surface area contributed by atoms with Crippen LogP contribution in [0.1, 0.15) is 6.42 Å². The van der Waals surface area contributed by atoms with Crippen molar-refractivity contribution in [2.45, 2.75) is 6.42 Å². The van der Waals surface area contributed by atoms with Crippen molar-refractivity contribution in [3.05, 3.63) is 11.6 Å². The Hall–Kier alpha value is -1.38. The zero-order valence-corrected chi connectivity index (χ0v) is 13.0. The molecule has 0 bridgehead atoms. The van der Waals surface area contributed by atoms with Gasteiger partial charge in [0.15, 0.2) is 11.1 Å². The smallest absolute Gasteiger partial charge is 0.191 e. The maximum absolute atomic E-state index is 8.58. The number of piperazine rings is 1. The first-order valence-electron chi connectivity index (χ1n) is 7.19. The second-order valence-electron chi connectivity index (χ2n) is 4.72. The minimum Gasteiger partial charge on any atom is -0.394 e. The van der Waals surface area contributed by atoms with Gasteiger partial charge in [-0.15, -0.1) is 11.3 Å². The Balaban J connectivity index is 1.66. The van der Waals surface area contributed by atoms with Gasteiger partial charge in [-0.05, 0) is 6.42 Å². The number of thiazole rings is 1. The molecular formula is C13H23N5O2S. The average molecular weight is 313 g/mol. The number of anilines is 1. The molecular weight excluding hydrogens is 290 g/mol. The summed E-state index contributed by atoms with van der Waals surface area (Å²) in [5.41, 5.74) is 6.02. The molecule has 1 aliphatic rings. The number of nitrogens with zero attached hydrogens (tertiary/aromatic N) is 4. The molecule has 0 spiro atoms. The van der Waals surface area contributed by atoms with Gasteiger partial charge in [0.25, 0.3) is 0 Å². The van der Waals surface area contributed by atoms with Crippen LogP contribution in [0.2, 0.25) is 0 Å². The van der Waals surface area contributed by atoms with Crippen molar-refractivity contribution < 1.29 is 9.84 Å². The molecule has 7 nitrogen and oxygen atoms in total. The highest BCUT2D eigenvalue weighted by Gasteiger charge is 2.19. The average Bonchev–Trinajstić information content (AvgIpc) is 3.05. The number of ether oxygens (including phenoxy) is 1. The standard InChI is InChI=1S/C13H23N5O2S/c14-12(15-2-1-9-20-10-8-19)17-4-6-18(7-5-17)13-16-3-11-21-13/h3,11,19H,1-2,4-10H2,(H2,14,15). The minimum atomic E-state index is 0.0643. The topological polar surface area (TPSA) is 87.2 Å². The van der Waals surface area contributed by atoms with Crippen molar-refractivity contribution in [2.24, 2.45) is 10.7 Å². The molecule has 1 aliphatic heterocycles. The summed E-state index contributed by atoms with van der Waals surface area (Å²) in [7, 11) is 0. The van der Waals surface area contributed by atoms with Gasteiger partial charge in [0.05, 0.1) is 13.2 Å². The van der Waals surface area contributed by atoms with Gasteiger partial charge in [0.1, 0.15) is 0 Å². The first-order valence-corrected chi connectivity index (χ1v) is 8.07. The molecule has 21 heavy (non-hydrogen) atoms. The Bertz CT molecular complexity index is 418. The van der Waals surface area contributed by atoms with Gasteiger partial charge >= 0.3 is 0 Å². The van der Waals surface area contributed by atoms with Crippen LogP contribution in [0.3, 0.4) is 0 Å². The van der Waals surface area contributed by atoms with E-state index in [9.17, 15) is 0 Å². The second kappa shape index (κ2) is 8.81. The molecule has 0 atom stereocenters. The molecule has 2 rings (SSSR count). The first-order chi connectivity index (χ1) is 10.3. The summed E-state index contributed by atoms with van der Waals surface area (Å²) >= 11 is 1.67. The number of aliphatic imine (C=N–C) groups is 1. The van der Waals surface area contributed by atoms with Crippen molar-refractivity contribution in [1.29, 1.82) is 0 Å². The van der Waals surface area contributed by atoms with Crippen molar-refractivity contribution in [3.8, 4) is 0 Å². The van der Waals surface area contributed by atoms with E-state index in [-0.39, 0.29) is 6.61 Å². The van der Waals surface area contributed by atoms with Crippen molar-refractivity contribution in [1.82, 2.24) is 9.88 Å². The third-order valence-electron chi connectivity index (χ3n) is 3.25. The van der Waals surface area contributed by atoms with Gasteiger partial charge < -0.3 is 25.4 Å². The lowest BCUT2D eigenvalue weighted by atomic mass is 10.3. The molecule has 0 aromatic carbocycles. The molecule has 118 valence electrons. The molecule has 3 N–H and O–H groups in total. The molecule has 2 heterocycles. The number of nitrogens with two attached hydrogens (primary N) is 1. The number of hydrogen-bond donors (Lipinski definition) is 2. The number of rotatable bonds is 7. The maximum atomic E-state index is 8.58. The van der Waals surface area contributed by atoms with Gasteiger partial charge in [-0.3, -0.25) is 4.99 Å². The fourth-order valence-electron chi connectivity index (χ4n) is 2.13. The maximum Gasteiger partial charge on any atom is 0.191 e. The highest BCUT2D eigenvalue weighted by atomic mass is 32.1. The number of aliphatic hydroxyl groups excluding tert-OH is 1. The van der Waals surface area contributed by atoms with E-state index in [0.717, 1.165) is 37.7 Å². The van der Waals surface area contributed by atoms with Crippen LogP contribution in [0.15, 0.2) is 16.6 Å². The molecule has 0 unspecified atom stereocenters. The summed E-state index contributed by atoms with van der Waals surface area (Å²) in [6.07, 6.45) is 2.65. The van der Waals surface area contributed by atoms with Crippen LogP contribution in [0, 0.1) is 0 Å². The van der Waals surface area contributed by atoms with Crippen LogP contribution in [0.25, 0.3) is 0 Å². The van der Waals surface area contributed by atoms with E-state index < -0.39 is 0 Å². The van der Waals surface area contributed by atoms with Gasteiger partial charge in [0, 0.05) is 50.9 Å². The van der Waals surface area contributed by atoms with Crippen LogP contribution in [0.5, 0.6) is 0 Å². The summed E-state index contributed by atoms with van der Waals surface area (Å²) in [4.78, 5) is 13.1. The van der Waals surface area contributed by atoms with Crippen LogP contribution >= 0.6 is 11.3 Å². The molecule has 8 heteroatoms. The van der Waals surface area contributed by atoms with Gasteiger partial charge in [-0.1, -0.05) is 0 Å². The molecule has 1 aromatic rings. The SMILES string of the molecule is NC(=NCCCOCCO)N1CCN(c2nccs2)CC1. The third kappa shape index (κ3) is 5.14. The van der Waals surface area contributed by atoms with Crippen molar-refractivity contribution >= 4 is 22.4 Å².